The zero-order chi connectivity index (χ0) is 16.3. The van der Waals surface area contributed by atoms with Crippen molar-refractivity contribution in [3.63, 3.8) is 0 Å². The lowest BCUT2D eigenvalue weighted by Gasteiger charge is -2.08. The minimum Gasteiger partial charge on any atom is -0.508 e. The summed E-state index contributed by atoms with van der Waals surface area (Å²) in [5, 5.41) is 31.5. The molecule has 0 heterocycles. The van der Waals surface area contributed by atoms with Crippen molar-refractivity contribution in [3.8, 4) is 5.75 Å². The number of carbonyl (C=O) groups is 2. The molecule has 3 N–H and O–H groups in total. The van der Waals surface area contributed by atoms with Gasteiger partial charge in [-0.15, -0.1) is 0 Å². The van der Waals surface area contributed by atoms with E-state index in [-0.39, 0.29) is 22.6 Å². The number of carboxylic acid groups (broad SMARTS) is 1. The minimum absolute atomic E-state index is 0.0877. The largest absolute Gasteiger partial charge is 0.508 e. The Hall–Kier alpha value is -3.42. The summed E-state index contributed by atoms with van der Waals surface area (Å²) < 4.78 is 0. The topological polar surface area (TPSA) is 130 Å². The molecule has 0 spiro atoms. The van der Waals surface area contributed by atoms with Crippen molar-refractivity contribution < 1.29 is 24.7 Å². The molecule has 0 fully saturated rings. The van der Waals surface area contributed by atoms with Crippen LogP contribution >= 0.6 is 0 Å². The number of nitrogens with zero attached hydrogens (tertiary/aromatic N) is 1. The Kier molecular flexibility index (Phi) is 4.03. The molecule has 0 atom stereocenters. The third-order valence-electron chi connectivity index (χ3n) is 2.79. The van der Waals surface area contributed by atoms with Crippen molar-refractivity contribution in [2.75, 3.05) is 5.32 Å². The molecule has 0 aliphatic carbocycles. The van der Waals surface area contributed by atoms with Crippen molar-refractivity contribution >= 4 is 23.3 Å². The molecule has 0 aromatic heterocycles. The average Bonchev–Trinajstić information content (AvgIpc) is 2.46. The maximum Gasteiger partial charge on any atom is 0.336 e. The smallest absolute Gasteiger partial charge is 0.336 e. The number of amides is 1. The van der Waals surface area contributed by atoms with Crippen molar-refractivity contribution in [2.45, 2.75) is 0 Å². The predicted octanol–water partition coefficient (Wildman–Crippen LogP) is 2.25. The lowest BCUT2D eigenvalue weighted by molar-refractivity contribution is -0.384. The summed E-state index contributed by atoms with van der Waals surface area (Å²) >= 11 is 0. The maximum atomic E-state index is 12.1. The molecule has 2 rings (SSSR count). The molecule has 112 valence electrons. The normalized spacial score (nSPS) is 10.0. The van der Waals surface area contributed by atoms with Crippen LogP contribution in [0.5, 0.6) is 5.75 Å². The number of anilines is 1. The van der Waals surface area contributed by atoms with Crippen LogP contribution in [0.1, 0.15) is 20.7 Å². The van der Waals surface area contributed by atoms with Crippen LogP contribution in [-0.2, 0) is 0 Å². The van der Waals surface area contributed by atoms with E-state index in [0.717, 1.165) is 18.2 Å². The Labute approximate surface area is 123 Å². The van der Waals surface area contributed by atoms with Gasteiger partial charge in [-0.2, -0.15) is 0 Å². The van der Waals surface area contributed by atoms with Gasteiger partial charge < -0.3 is 15.5 Å². The fraction of sp³-hybridized carbons (Fsp3) is 0. The van der Waals surface area contributed by atoms with Gasteiger partial charge in [-0.25, -0.2) is 4.79 Å². The standard InChI is InChI=1S/C14H10N2O6/c17-10-3-1-2-8(6-10)15-13(18)12-7-9(16(21)22)4-5-11(12)14(19)20/h1-7,17H,(H,15,18)(H,19,20). The number of phenols is 1. The van der Waals surface area contributed by atoms with Gasteiger partial charge in [0.1, 0.15) is 5.75 Å². The second-order valence-electron chi connectivity index (χ2n) is 4.30. The number of aromatic carboxylic acids is 1. The van der Waals surface area contributed by atoms with Gasteiger partial charge in [0.2, 0.25) is 0 Å². The zero-order valence-corrected chi connectivity index (χ0v) is 11.0. The van der Waals surface area contributed by atoms with E-state index in [1.54, 1.807) is 0 Å². The quantitative estimate of drug-likeness (QED) is 0.586. The second-order valence-corrected chi connectivity index (χ2v) is 4.30. The number of nitro benzene ring substituents is 1. The van der Waals surface area contributed by atoms with Crippen molar-refractivity contribution in [1.29, 1.82) is 0 Å². The molecule has 2 aromatic carbocycles. The fourth-order valence-corrected chi connectivity index (χ4v) is 1.80. The first kappa shape index (κ1) is 15.0. The number of hydrogen-bond donors (Lipinski definition) is 3. The van der Waals surface area contributed by atoms with E-state index >= 15 is 0 Å². The minimum atomic E-state index is -1.38. The molecule has 0 aliphatic heterocycles. The summed E-state index contributed by atoms with van der Waals surface area (Å²) in [5.74, 6) is -2.29. The number of hydrogen-bond acceptors (Lipinski definition) is 5. The van der Waals surface area contributed by atoms with E-state index in [2.05, 4.69) is 5.32 Å². The molecule has 0 radical (unpaired) electrons. The van der Waals surface area contributed by atoms with E-state index in [1.807, 2.05) is 0 Å². The van der Waals surface area contributed by atoms with E-state index in [4.69, 9.17) is 5.11 Å². The molecule has 2 aromatic rings. The first-order valence-electron chi connectivity index (χ1n) is 6.00. The summed E-state index contributed by atoms with van der Waals surface area (Å²) in [6.45, 7) is 0. The molecule has 8 heteroatoms. The number of nitro groups is 1. The number of carboxylic acids is 1. The lowest BCUT2D eigenvalue weighted by atomic mass is 10.1. The lowest BCUT2D eigenvalue weighted by Crippen LogP contribution is -2.16. The molecule has 1 amide bonds. The summed E-state index contributed by atoms with van der Waals surface area (Å²) in [4.78, 5) is 33.3. The predicted molar refractivity (Wildman–Crippen MR) is 76.1 cm³/mol. The van der Waals surface area contributed by atoms with Crippen LogP contribution in [0.15, 0.2) is 42.5 Å². The van der Waals surface area contributed by atoms with Crippen LogP contribution in [0.2, 0.25) is 0 Å². The van der Waals surface area contributed by atoms with Crippen LogP contribution in [0, 0.1) is 10.1 Å². The zero-order valence-electron chi connectivity index (χ0n) is 11.0. The Morgan fingerprint density at radius 1 is 1.09 bits per heavy atom. The highest BCUT2D eigenvalue weighted by Gasteiger charge is 2.20. The van der Waals surface area contributed by atoms with Crippen LogP contribution in [-0.4, -0.2) is 27.0 Å². The van der Waals surface area contributed by atoms with E-state index in [0.29, 0.717) is 0 Å². The Morgan fingerprint density at radius 3 is 2.41 bits per heavy atom. The first-order valence-corrected chi connectivity index (χ1v) is 6.00. The van der Waals surface area contributed by atoms with Crippen molar-refractivity contribution in [1.82, 2.24) is 0 Å². The third kappa shape index (κ3) is 3.18. The highest BCUT2D eigenvalue weighted by molar-refractivity contribution is 6.11. The van der Waals surface area contributed by atoms with Gasteiger partial charge >= 0.3 is 5.97 Å². The Balaban J connectivity index is 2.40. The second kappa shape index (κ2) is 5.92. The fourth-order valence-electron chi connectivity index (χ4n) is 1.80. The number of non-ortho nitro benzene ring substituents is 1. The molecular weight excluding hydrogens is 292 g/mol. The van der Waals surface area contributed by atoms with Gasteiger partial charge in [0.05, 0.1) is 16.1 Å². The molecule has 0 unspecified atom stereocenters. The summed E-state index contributed by atoms with van der Waals surface area (Å²) in [6.07, 6.45) is 0. The number of rotatable bonds is 4. The van der Waals surface area contributed by atoms with Crippen LogP contribution < -0.4 is 5.32 Å². The number of nitrogens with one attached hydrogen (secondary N) is 1. The molecule has 0 aliphatic rings. The summed E-state index contributed by atoms with van der Waals surface area (Å²) in [5.41, 5.74) is -0.868. The van der Waals surface area contributed by atoms with Crippen molar-refractivity contribution in [3.05, 3.63) is 63.7 Å². The molecule has 22 heavy (non-hydrogen) atoms. The van der Waals surface area contributed by atoms with E-state index in [1.165, 1.54) is 24.3 Å². The summed E-state index contributed by atoms with van der Waals surface area (Å²) in [6, 6.07) is 8.52. The Bertz CT molecular complexity index is 772. The molecule has 0 saturated heterocycles. The highest BCUT2D eigenvalue weighted by Crippen LogP contribution is 2.21. The van der Waals surface area contributed by atoms with E-state index in [9.17, 15) is 24.8 Å². The molecule has 8 nitrogen and oxygen atoms in total. The first-order chi connectivity index (χ1) is 10.4. The van der Waals surface area contributed by atoms with Crippen molar-refractivity contribution in [2.24, 2.45) is 0 Å². The van der Waals surface area contributed by atoms with Crippen LogP contribution in [0.4, 0.5) is 11.4 Å². The van der Waals surface area contributed by atoms with Gasteiger partial charge in [-0.1, -0.05) is 6.07 Å². The number of carbonyl (C=O) groups excluding carboxylic acids is 1. The molecule has 0 saturated carbocycles. The maximum absolute atomic E-state index is 12.1. The van der Waals surface area contributed by atoms with Gasteiger partial charge in [-0.3, -0.25) is 14.9 Å². The van der Waals surface area contributed by atoms with Gasteiger partial charge in [0.25, 0.3) is 11.6 Å². The third-order valence-corrected chi connectivity index (χ3v) is 2.79. The summed E-state index contributed by atoms with van der Waals surface area (Å²) in [7, 11) is 0. The average molecular weight is 302 g/mol. The van der Waals surface area contributed by atoms with Crippen LogP contribution in [0.3, 0.4) is 0 Å². The highest BCUT2D eigenvalue weighted by atomic mass is 16.6. The molecular formula is C14H10N2O6. The Morgan fingerprint density at radius 2 is 1.82 bits per heavy atom. The number of benzene rings is 2. The number of aromatic hydroxyl groups is 1. The molecule has 0 bridgehead atoms. The SMILES string of the molecule is O=C(O)c1ccc([N+](=O)[O-])cc1C(=O)Nc1cccc(O)c1. The van der Waals surface area contributed by atoms with Gasteiger partial charge in [-0.05, 0) is 18.2 Å². The monoisotopic (exact) mass is 302 g/mol. The van der Waals surface area contributed by atoms with E-state index < -0.39 is 22.5 Å². The van der Waals surface area contributed by atoms with Crippen LogP contribution in [0.25, 0.3) is 0 Å². The van der Waals surface area contributed by atoms with Gasteiger partial charge in [0, 0.05) is 23.9 Å². The number of phenolic OH excluding ortho intramolecular Hbond substituents is 1. The van der Waals surface area contributed by atoms with Gasteiger partial charge in [0.15, 0.2) is 0 Å².